The van der Waals surface area contributed by atoms with Crippen LogP contribution >= 0.6 is 0 Å². The van der Waals surface area contributed by atoms with E-state index in [0.717, 1.165) is 22.3 Å². The van der Waals surface area contributed by atoms with Crippen molar-refractivity contribution in [3.8, 4) is 11.1 Å². The van der Waals surface area contributed by atoms with Crippen molar-refractivity contribution in [2.75, 3.05) is 6.61 Å². The number of aliphatic carboxylic acids is 2. The summed E-state index contributed by atoms with van der Waals surface area (Å²) in [6, 6.07) is 18.3. The molecule has 12 nitrogen and oxygen atoms in total. The molecule has 2 aromatic carbocycles. The standard InChI is InChI=1S/C38H46N4O6.C2HF3O2/c1-23(2)19-31(35(44)42-39)33(36(45)46)38(20-24(3)4,17-16-26-11-10-18-40-21-26)34(43)25(5)41-37(47)48-22-32-29-14-8-6-12-27(29)28-13-7-9-15-30(28)32;3-2(4,5)1(6)7/h6-18,21,23-25,31-33H,19-20,22,39H2,1-5H3,(H,41,47)(H,42,44)(H,45,46);(H,6,7)/b17-16+;/t25-,31-,33-,38?;/m1./s1. The van der Waals surface area contributed by atoms with Gasteiger partial charge >= 0.3 is 24.2 Å². The van der Waals surface area contributed by atoms with E-state index in [9.17, 15) is 37.5 Å². The van der Waals surface area contributed by atoms with Crippen LogP contribution in [0.4, 0.5) is 18.0 Å². The van der Waals surface area contributed by atoms with Crippen molar-refractivity contribution >= 4 is 35.8 Å². The van der Waals surface area contributed by atoms with Gasteiger partial charge < -0.3 is 20.3 Å². The van der Waals surface area contributed by atoms with E-state index in [-0.39, 0.29) is 37.2 Å². The van der Waals surface area contributed by atoms with Gasteiger partial charge in [0.2, 0.25) is 5.91 Å². The summed E-state index contributed by atoms with van der Waals surface area (Å²) in [6.45, 7) is 9.05. The number of hydrogen-bond acceptors (Lipinski definition) is 8. The van der Waals surface area contributed by atoms with Gasteiger partial charge in [-0.05, 0) is 65.5 Å². The number of aromatic nitrogens is 1. The number of carboxylic acid groups (broad SMARTS) is 2. The number of carboxylic acids is 2. The van der Waals surface area contributed by atoms with Crippen molar-refractivity contribution in [3.63, 3.8) is 0 Å². The van der Waals surface area contributed by atoms with Crippen LogP contribution in [-0.2, 0) is 23.9 Å². The lowest BCUT2D eigenvalue weighted by atomic mass is 9.60. The van der Waals surface area contributed by atoms with Gasteiger partial charge in [0.15, 0.2) is 5.78 Å². The number of Topliss-reactive ketones (excluding diaryl/α,β-unsaturated/α-hetero) is 1. The number of carbonyl (C=O) groups excluding carboxylic acids is 3. The lowest BCUT2D eigenvalue weighted by Crippen LogP contribution is -2.55. The zero-order chi connectivity index (χ0) is 41.1. The molecule has 1 heterocycles. The maximum Gasteiger partial charge on any atom is 0.490 e. The molecular formula is C40H47F3N4O8. The summed E-state index contributed by atoms with van der Waals surface area (Å²) in [5, 5.41) is 20.6. The first-order valence-electron chi connectivity index (χ1n) is 17.6. The highest BCUT2D eigenvalue weighted by Gasteiger charge is 2.54. The number of pyridine rings is 1. The van der Waals surface area contributed by atoms with Crippen molar-refractivity contribution in [2.45, 2.75) is 65.6 Å². The number of fused-ring (bicyclic) bond motifs is 3. The minimum absolute atomic E-state index is 0.0453. The maximum absolute atomic E-state index is 14.7. The Balaban J connectivity index is 0.00000106. The van der Waals surface area contributed by atoms with E-state index in [1.807, 2.05) is 76.2 Å². The fourth-order valence-corrected chi connectivity index (χ4v) is 7.08. The molecule has 296 valence electrons. The number of ether oxygens (including phenoxy) is 1. The molecule has 4 atom stereocenters. The van der Waals surface area contributed by atoms with E-state index < -0.39 is 59.2 Å². The van der Waals surface area contributed by atoms with E-state index in [0.29, 0.717) is 5.56 Å². The topological polar surface area (TPSA) is 198 Å². The molecule has 4 rings (SSSR count). The van der Waals surface area contributed by atoms with Gasteiger partial charge in [-0.1, -0.05) is 94.4 Å². The second kappa shape index (κ2) is 19.1. The largest absolute Gasteiger partial charge is 0.490 e. The molecule has 0 saturated heterocycles. The first-order chi connectivity index (χ1) is 25.8. The van der Waals surface area contributed by atoms with Gasteiger partial charge in [0, 0.05) is 18.3 Å². The number of hydrogen-bond donors (Lipinski definition) is 5. The highest BCUT2D eigenvalue weighted by atomic mass is 19.4. The lowest BCUT2D eigenvalue weighted by Gasteiger charge is -2.41. The monoisotopic (exact) mass is 768 g/mol. The van der Waals surface area contributed by atoms with Gasteiger partial charge in [0.1, 0.15) is 6.61 Å². The number of carbonyl (C=O) groups is 5. The Morgan fingerprint density at radius 2 is 1.45 bits per heavy atom. The molecule has 15 heteroatoms. The predicted octanol–water partition coefficient (Wildman–Crippen LogP) is 6.61. The van der Waals surface area contributed by atoms with Crippen molar-refractivity contribution in [1.82, 2.24) is 15.7 Å². The van der Waals surface area contributed by atoms with Crippen LogP contribution in [0.15, 0.2) is 79.1 Å². The average Bonchev–Trinajstić information content (AvgIpc) is 3.45. The molecule has 0 fully saturated rings. The molecule has 1 aliphatic rings. The molecule has 0 saturated carbocycles. The molecule has 3 aromatic rings. The summed E-state index contributed by atoms with van der Waals surface area (Å²) >= 11 is 0. The summed E-state index contributed by atoms with van der Waals surface area (Å²) in [7, 11) is 0. The maximum atomic E-state index is 14.7. The van der Waals surface area contributed by atoms with Gasteiger partial charge in [-0.3, -0.25) is 24.8 Å². The summed E-state index contributed by atoms with van der Waals surface area (Å²) in [4.78, 5) is 67.5. The predicted molar refractivity (Wildman–Crippen MR) is 198 cm³/mol. The number of nitrogens with two attached hydrogens (primary N) is 1. The molecular weight excluding hydrogens is 721 g/mol. The second-order valence-corrected chi connectivity index (χ2v) is 14.2. The molecule has 2 amide bonds. The Bertz CT molecular complexity index is 1810. The van der Waals surface area contributed by atoms with Crippen LogP contribution in [0.5, 0.6) is 0 Å². The zero-order valence-electron chi connectivity index (χ0n) is 31.2. The van der Waals surface area contributed by atoms with Crippen LogP contribution in [0.3, 0.4) is 0 Å². The van der Waals surface area contributed by atoms with Gasteiger partial charge in [-0.25, -0.2) is 15.4 Å². The Hall–Kier alpha value is -5.57. The third-order valence-corrected chi connectivity index (χ3v) is 9.20. The number of halogens is 3. The molecule has 0 spiro atoms. The van der Waals surface area contributed by atoms with Crippen LogP contribution in [0.1, 0.15) is 70.1 Å². The molecule has 0 aliphatic heterocycles. The quantitative estimate of drug-likeness (QED) is 0.0637. The van der Waals surface area contributed by atoms with Crippen molar-refractivity contribution < 1.29 is 52.1 Å². The smallest absolute Gasteiger partial charge is 0.481 e. The van der Waals surface area contributed by atoms with Crippen molar-refractivity contribution in [2.24, 2.45) is 34.9 Å². The Kier molecular flexibility index (Phi) is 15.3. The molecule has 55 heavy (non-hydrogen) atoms. The first kappa shape index (κ1) is 43.8. The SMILES string of the molecule is CC(C)C[C@@H](C(=O)NN)[C@H](C(=O)O)C(/C=C/c1cccnc1)(CC(C)C)C(=O)[C@@H](C)NC(=O)OCC1c2ccccc2-c2ccccc21.O=C(O)C(F)(F)F. The highest BCUT2D eigenvalue weighted by molar-refractivity contribution is 5.99. The number of allylic oxidation sites excluding steroid dienone is 1. The van der Waals surface area contributed by atoms with Gasteiger partial charge in [-0.15, -0.1) is 0 Å². The molecule has 1 unspecified atom stereocenters. The number of hydrazine groups is 1. The third-order valence-electron chi connectivity index (χ3n) is 9.20. The van der Waals surface area contributed by atoms with Gasteiger partial charge in [0.05, 0.1) is 23.3 Å². The number of nitrogens with zero attached hydrogens (tertiary/aromatic N) is 1. The van der Waals surface area contributed by atoms with Crippen LogP contribution in [0, 0.1) is 29.1 Å². The molecule has 0 radical (unpaired) electrons. The summed E-state index contributed by atoms with van der Waals surface area (Å²) < 4.78 is 37.5. The lowest BCUT2D eigenvalue weighted by molar-refractivity contribution is -0.192. The number of alkyl carbamates (subject to hydrolysis) is 1. The Morgan fingerprint density at radius 1 is 0.891 bits per heavy atom. The second-order valence-electron chi connectivity index (χ2n) is 14.2. The zero-order valence-corrected chi connectivity index (χ0v) is 31.2. The summed E-state index contributed by atoms with van der Waals surface area (Å²) in [5.41, 5.74) is 5.31. The van der Waals surface area contributed by atoms with Gasteiger partial charge in [0.25, 0.3) is 0 Å². The van der Waals surface area contributed by atoms with Crippen LogP contribution in [0.25, 0.3) is 17.2 Å². The van der Waals surface area contributed by atoms with E-state index in [4.69, 9.17) is 20.5 Å². The number of alkyl halides is 3. The van der Waals surface area contributed by atoms with E-state index in [2.05, 4.69) is 15.7 Å². The third kappa shape index (κ3) is 11.2. The first-order valence-corrected chi connectivity index (χ1v) is 17.6. The van der Waals surface area contributed by atoms with E-state index >= 15 is 0 Å². The van der Waals surface area contributed by atoms with Gasteiger partial charge in [-0.2, -0.15) is 13.2 Å². The van der Waals surface area contributed by atoms with Crippen molar-refractivity contribution in [1.29, 1.82) is 0 Å². The van der Waals surface area contributed by atoms with Crippen LogP contribution in [0.2, 0.25) is 0 Å². The molecule has 1 aromatic heterocycles. The van der Waals surface area contributed by atoms with Crippen LogP contribution in [-0.4, -0.2) is 63.7 Å². The highest BCUT2D eigenvalue weighted by Crippen LogP contribution is 2.46. The number of nitrogens with one attached hydrogen (secondary N) is 2. The summed E-state index contributed by atoms with van der Waals surface area (Å²) in [5.74, 6) is -2.82. The van der Waals surface area contributed by atoms with Crippen molar-refractivity contribution in [3.05, 3.63) is 95.8 Å². The normalized spacial score (nSPS) is 15.1. The number of ketones is 1. The molecule has 6 N–H and O–H groups in total. The summed E-state index contributed by atoms with van der Waals surface area (Å²) in [6.07, 6.45) is 0.777. The van der Waals surface area contributed by atoms with E-state index in [1.54, 1.807) is 36.7 Å². The number of rotatable bonds is 15. The minimum Gasteiger partial charge on any atom is -0.481 e. The molecule has 0 bridgehead atoms. The average molecular weight is 769 g/mol. The fourth-order valence-electron chi connectivity index (χ4n) is 7.08. The van der Waals surface area contributed by atoms with E-state index in [1.165, 1.54) is 6.92 Å². The number of benzene rings is 2. The minimum atomic E-state index is -5.08. The molecule has 1 aliphatic carbocycles. The Morgan fingerprint density at radius 3 is 1.91 bits per heavy atom. The fraction of sp³-hybridized carbons (Fsp3) is 0.400. The van der Waals surface area contributed by atoms with Crippen LogP contribution < -0.4 is 16.6 Å². The Labute approximate surface area is 317 Å². The number of amides is 2.